The molecule has 2 aliphatic heterocycles. The van der Waals surface area contributed by atoms with E-state index in [1.165, 1.54) is 4.90 Å². The summed E-state index contributed by atoms with van der Waals surface area (Å²) in [7, 11) is 1.62. The molecule has 2 amide bonds. The second kappa shape index (κ2) is 5.26. The number of hydrogen-bond donors (Lipinski definition) is 1. The van der Waals surface area contributed by atoms with Crippen LogP contribution in [0.4, 0.5) is 0 Å². The van der Waals surface area contributed by atoms with Gasteiger partial charge in [0.15, 0.2) is 0 Å². The standard InChI is InChI=1S/C17H22N2O2/c1-10(2)9-12-13-14(17(21)19(3)16(13)20)15(18-12)11-7-5-4-6-8-11/h4-8,10,12-15,18H,9H2,1-3H3/p+1/t12-,13-,14-,15-/m0/s1. The van der Waals surface area contributed by atoms with E-state index in [1.807, 2.05) is 18.2 Å². The van der Waals surface area contributed by atoms with Crippen LogP contribution in [0.3, 0.4) is 0 Å². The number of hydrogen-bond acceptors (Lipinski definition) is 2. The van der Waals surface area contributed by atoms with E-state index in [0.717, 1.165) is 12.0 Å². The van der Waals surface area contributed by atoms with Gasteiger partial charge in [-0.1, -0.05) is 44.2 Å². The average molecular weight is 287 g/mol. The second-order valence-corrected chi connectivity index (χ2v) is 6.71. The predicted octanol–water partition coefficient (Wildman–Crippen LogP) is 0.950. The van der Waals surface area contributed by atoms with Crippen molar-refractivity contribution in [2.24, 2.45) is 17.8 Å². The number of likely N-dealkylation sites (tertiary alicyclic amines) is 1. The molecule has 2 fully saturated rings. The van der Waals surface area contributed by atoms with Gasteiger partial charge in [-0.15, -0.1) is 0 Å². The van der Waals surface area contributed by atoms with Crippen LogP contribution in [-0.2, 0) is 9.59 Å². The number of quaternary nitrogens is 1. The van der Waals surface area contributed by atoms with Gasteiger partial charge >= 0.3 is 0 Å². The first-order chi connectivity index (χ1) is 10.0. The highest BCUT2D eigenvalue weighted by Crippen LogP contribution is 2.40. The van der Waals surface area contributed by atoms with Crippen molar-refractivity contribution in [1.82, 2.24) is 4.90 Å². The molecule has 0 spiro atoms. The summed E-state index contributed by atoms with van der Waals surface area (Å²) in [5.41, 5.74) is 1.15. The van der Waals surface area contributed by atoms with E-state index < -0.39 is 0 Å². The van der Waals surface area contributed by atoms with Crippen molar-refractivity contribution in [2.45, 2.75) is 32.4 Å². The first kappa shape index (κ1) is 14.3. The highest BCUT2D eigenvalue weighted by atomic mass is 16.2. The molecule has 1 aromatic rings. The Balaban J connectivity index is 1.96. The zero-order chi connectivity index (χ0) is 15.1. The normalized spacial score (nSPS) is 32.1. The molecular weight excluding hydrogens is 264 g/mol. The lowest BCUT2D eigenvalue weighted by Gasteiger charge is -2.19. The molecule has 0 aromatic heterocycles. The minimum atomic E-state index is -0.200. The van der Waals surface area contributed by atoms with Gasteiger partial charge < -0.3 is 5.32 Å². The smallest absolute Gasteiger partial charge is 0.239 e. The van der Waals surface area contributed by atoms with Crippen molar-refractivity contribution in [3.63, 3.8) is 0 Å². The van der Waals surface area contributed by atoms with E-state index in [4.69, 9.17) is 0 Å². The van der Waals surface area contributed by atoms with E-state index in [0.29, 0.717) is 5.92 Å². The van der Waals surface area contributed by atoms with E-state index in [2.05, 4.69) is 31.3 Å². The SMILES string of the molecule is CC(C)C[C@@H]1[NH2+][C@@H](c2ccccc2)[C@H]2C(=O)N(C)C(=O)[C@H]21. The molecule has 2 aliphatic rings. The largest absolute Gasteiger partial charge is 0.336 e. The number of rotatable bonds is 3. The maximum absolute atomic E-state index is 12.5. The number of nitrogens with zero attached hydrogens (tertiary/aromatic N) is 1. The molecule has 0 bridgehead atoms. The third kappa shape index (κ3) is 2.27. The number of fused-ring (bicyclic) bond motifs is 1. The van der Waals surface area contributed by atoms with Crippen LogP contribution in [0.5, 0.6) is 0 Å². The van der Waals surface area contributed by atoms with Crippen molar-refractivity contribution in [3.05, 3.63) is 35.9 Å². The van der Waals surface area contributed by atoms with Gasteiger partial charge in [-0.2, -0.15) is 0 Å². The molecule has 0 unspecified atom stereocenters. The molecule has 112 valence electrons. The third-order valence-corrected chi connectivity index (χ3v) is 4.85. The predicted molar refractivity (Wildman–Crippen MR) is 79.1 cm³/mol. The van der Waals surface area contributed by atoms with Gasteiger partial charge in [0.25, 0.3) is 0 Å². The number of imide groups is 1. The topological polar surface area (TPSA) is 54.0 Å². The monoisotopic (exact) mass is 287 g/mol. The quantitative estimate of drug-likeness (QED) is 0.842. The lowest BCUT2D eigenvalue weighted by Crippen LogP contribution is -2.89. The molecule has 2 saturated heterocycles. The fraction of sp³-hybridized carbons (Fsp3) is 0.529. The van der Waals surface area contributed by atoms with Crippen LogP contribution in [-0.4, -0.2) is 29.8 Å². The Morgan fingerprint density at radius 1 is 1.10 bits per heavy atom. The summed E-state index contributed by atoms with van der Waals surface area (Å²) in [6.07, 6.45) is 0.970. The Morgan fingerprint density at radius 3 is 2.33 bits per heavy atom. The maximum atomic E-state index is 12.5. The fourth-order valence-electron chi connectivity index (χ4n) is 3.96. The van der Waals surface area contributed by atoms with Gasteiger partial charge in [-0.05, 0) is 5.92 Å². The highest BCUT2D eigenvalue weighted by Gasteiger charge is 2.61. The fourth-order valence-corrected chi connectivity index (χ4v) is 3.96. The van der Waals surface area contributed by atoms with Gasteiger partial charge in [0.1, 0.15) is 17.9 Å². The number of amides is 2. The van der Waals surface area contributed by atoms with Crippen molar-refractivity contribution < 1.29 is 14.9 Å². The molecular formula is C17H23N2O2+. The molecule has 3 rings (SSSR count). The minimum absolute atomic E-state index is 0.00494. The molecule has 4 nitrogen and oxygen atoms in total. The molecule has 4 atom stereocenters. The van der Waals surface area contributed by atoms with Crippen LogP contribution in [0.2, 0.25) is 0 Å². The molecule has 2 heterocycles. The van der Waals surface area contributed by atoms with Crippen LogP contribution < -0.4 is 5.32 Å². The summed E-state index contributed by atoms with van der Waals surface area (Å²) < 4.78 is 0. The zero-order valence-electron chi connectivity index (χ0n) is 12.8. The van der Waals surface area contributed by atoms with Gasteiger partial charge in [0.2, 0.25) is 11.8 Å². The zero-order valence-corrected chi connectivity index (χ0v) is 12.8. The van der Waals surface area contributed by atoms with Crippen LogP contribution in [0.25, 0.3) is 0 Å². The second-order valence-electron chi connectivity index (χ2n) is 6.71. The van der Waals surface area contributed by atoms with E-state index in [9.17, 15) is 9.59 Å². The van der Waals surface area contributed by atoms with Crippen molar-refractivity contribution in [2.75, 3.05) is 7.05 Å². The number of nitrogens with two attached hydrogens (primary N) is 1. The summed E-state index contributed by atoms with van der Waals surface area (Å²) in [6, 6.07) is 10.4. The van der Waals surface area contributed by atoms with Crippen LogP contribution >= 0.6 is 0 Å². The Hall–Kier alpha value is -1.68. The van der Waals surface area contributed by atoms with Crippen LogP contribution in [0.15, 0.2) is 30.3 Å². The number of carbonyl (C=O) groups is 2. The summed E-state index contributed by atoms with van der Waals surface area (Å²) >= 11 is 0. The van der Waals surface area contributed by atoms with E-state index in [-0.39, 0.29) is 35.7 Å². The molecule has 0 saturated carbocycles. The maximum Gasteiger partial charge on any atom is 0.239 e. The van der Waals surface area contributed by atoms with Crippen LogP contribution in [0.1, 0.15) is 31.9 Å². The average Bonchev–Trinajstić information content (AvgIpc) is 2.93. The van der Waals surface area contributed by atoms with Gasteiger partial charge in [-0.25, -0.2) is 0 Å². The van der Waals surface area contributed by atoms with Gasteiger partial charge in [0.05, 0.1) is 6.04 Å². The summed E-state index contributed by atoms with van der Waals surface area (Å²) in [6.45, 7) is 4.34. The molecule has 1 aromatic carbocycles. The lowest BCUT2D eigenvalue weighted by molar-refractivity contribution is -0.712. The van der Waals surface area contributed by atoms with Crippen molar-refractivity contribution in [3.8, 4) is 0 Å². The summed E-state index contributed by atoms with van der Waals surface area (Å²) in [5, 5.41) is 2.26. The summed E-state index contributed by atoms with van der Waals surface area (Å²) in [4.78, 5) is 26.3. The molecule has 0 radical (unpaired) electrons. The van der Waals surface area contributed by atoms with E-state index >= 15 is 0 Å². The lowest BCUT2D eigenvalue weighted by atomic mass is 9.84. The molecule has 21 heavy (non-hydrogen) atoms. The molecule has 0 aliphatic carbocycles. The van der Waals surface area contributed by atoms with E-state index in [1.54, 1.807) is 7.05 Å². The van der Waals surface area contributed by atoms with Crippen molar-refractivity contribution >= 4 is 11.8 Å². The molecule has 4 heteroatoms. The first-order valence-electron chi connectivity index (χ1n) is 7.72. The number of benzene rings is 1. The number of carbonyl (C=O) groups excluding carboxylic acids is 2. The van der Waals surface area contributed by atoms with Crippen LogP contribution in [0, 0.1) is 17.8 Å². The highest BCUT2D eigenvalue weighted by molar-refractivity contribution is 6.05. The Labute approximate surface area is 125 Å². The Bertz CT molecular complexity index is 555. The molecule has 2 N–H and O–H groups in total. The Kier molecular flexibility index (Phi) is 3.57. The first-order valence-corrected chi connectivity index (χ1v) is 7.72. The Morgan fingerprint density at radius 2 is 1.71 bits per heavy atom. The third-order valence-electron chi connectivity index (χ3n) is 4.85. The summed E-state index contributed by atoms with van der Waals surface area (Å²) in [5.74, 6) is 0.158. The van der Waals surface area contributed by atoms with Gasteiger partial charge in [0, 0.05) is 19.0 Å². The minimum Gasteiger partial charge on any atom is -0.336 e. The van der Waals surface area contributed by atoms with Crippen molar-refractivity contribution in [1.29, 1.82) is 0 Å². The van der Waals surface area contributed by atoms with Gasteiger partial charge in [-0.3, -0.25) is 14.5 Å².